The van der Waals surface area contributed by atoms with Gasteiger partial charge in [-0.05, 0) is 52.0 Å². The van der Waals surface area contributed by atoms with Crippen LogP contribution in [0.5, 0.6) is 5.75 Å². The van der Waals surface area contributed by atoms with Crippen molar-refractivity contribution in [3.05, 3.63) is 76.6 Å². The van der Waals surface area contributed by atoms with Crippen molar-refractivity contribution in [2.45, 2.75) is 27.7 Å². The molecule has 1 heterocycles. The number of nitrogen functional groups attached to an aromatic ring is 1. The third-order valence-electron chi connectivity index (χ3n) is 4.69. The summed E-state index contributed by atoms with van der Waals surface area (Å²) >= 11 is 0. The molecule has 2 aromatic carbocycles. The number of anilines is 1. The van der Waals surface area contributed by atoms with Crippen LogP contribution < -0.4 is 10.5 Å². The molecule has 0 spiro atoms. The van der Waals surface area contributed by atoms with Crippen LogP contribution in [0.2, 0.25) is 0 Å². The first-order valence-corrected chi connectivity index (χ1v) is 9.41. The zero-order valence-corrected chi connectivity index (χ0v) is 18.0. The van der Waals surface area contributed by atoms with Gasteiger partial charge in [0.25, 0.3) is 0 Å². The van der Waals surface area contributed by atoms with Crippen molar-refractivity contribution in [1.29, 1.82) is 0 Å². The maximum Gasteiger partial charge on any atom is 0.162 e. The van der Waals surface area contributed by atoms with Crippen LogP contribution in [0.3, 0.4) is 0 Å². The maximum absolute atomic E-state index is 12.0. The molecule has 0 aliphatic carbocycles. The third kappa shape index (κ3) is 5.13. The molecule has 0 aliphatic heterocycles. The smallest absolute Gasteiger partial charge is 0.162 e. The number of Topliss-reactive ketones (excluding diaryl/α,β-unsaturated/α-hetero) is 1. The fourth-order valence-electron chi connectivity index (χ4n) is 3.29. The molecule has 29 heavy (non-hydrogen) atoms. The Hall–Kier alpha value is -3.34. The van der Waals surface area contributed by atoms with E-state index in [-0.39, 0.29) is 5.78 Å². The van der Waals surface area contributed by atoms with Gasteiger partial charge >= 0.3 is 0 Å². The molecule has 1 aromatic heterocycles. The van der Waals surface area contributed by atoms with E-state index in [9.17, 15) is 4.79 Å². The molecule has 3 aromatic rings. The monoisotopic (exact) mass is 391 g/mol. The second-order valence-corrected chi connectivity index (χ2v) is 6.85. The van der Waals surface area contributed by atoms with Gasteiger partial charge in [0.1, 0.15) is 5.75 Å². The number of aliphatic imine (C=N–C) groups is 1. The van der Waals surface area contributed by atoms with E-state index >= 15 is 0 Å². The summed E-state index contributed by atoms with van der Waals surface area (Å²) in [7, 11) is 3.35. The van der Waals surface area contributed by atoms with Gasteiger partial charge in [-0.15, -0.1) is 0 Å². The van der Waals surface area contributed by atoms with Gasteiger partial charge in [0.15, 0.2) is 5.78 Å². The van der Waals surface area contributed by atoms with Gasteiger partial charge in [-0.1, -0.05) is 23.8 Å². The second kappa shape index (κ2) is 9.73. The number of carbonyl (C=O) groups is 1. The Labute approximate surface area is 172 Å². The molecule has 0 bridgehead atoms. The van der Waals surface area contributed by atoms with Crippen LogP contribution in [0, 0.1) is 20.8 Å². The number of benzene rings is 2. The number of rotatable bonds is 4. The molecule has 152 valence electrons. The average molecular weight is 392 g/mol. The number of ketones is 1. The average Bonchev–Trinajstić information content (AvgIpc) is 2.95. The Balaban J connectivity index is 0.000000313. The Morgan fingerprint density at radius 3 is 2.24 bits per heavy atom. The zero-order valence-electron chi connectivity index (χ0n) is 18.0. The number of aromatic nitrogens is 1. The lowest BCUT2D eigenvalue weighted by atomic mass is 10.1. The van der Waals surface area contributed by atoms with E-state index in [0.29, 0.717) is 0 Å². The van der Waals surface area contributed by atoms with Gasteiger partial charge in [-0.3, -0.25) is 9.79 Å². The Kier molecular flexibility index (Phi) is 7.37. The van der Waals surface area contributed by atoms with Crippen LogP contribution in [0.15, 0.2) is 53.5 Å². The highest BCUT2D eigenvalue weighted by Crippen LogP contribution is 2.27. The summed E-state index contributed by atoms with van der Waals surface area (Å²) in [5.41, 5.74) is 12.0. The Bertz CT molecular complexity index is 994. The third-order valence-corrected chi connectivity index (χ3v) is 4.69. The summed E-state index contributed by atoms with van der Waals surface area (Å²) in [6.45, 7) is 7.58. The van der Waals surface area contributed by atoms with Crippen LogP contribution in [0.4, 0.5) is 5.69 Å². The van der Waals surface area contributed by atoms with E-state index in [1.54, 1.807) is 27.3 Å². The topological polar surface area (TPSA) is 69.6 Å². The lowest BCUT2D eigenvalue weighted by Crippen LogP contribution is -2.01. The van der Waals surface area contributed by atoms with E-state index in [1.807, 2.05) is 69.3 Å². The standard InChI is InChI=1S/C17H20N2O2.C7H9N/c1-11-16(10-18-4)17(13(3)20)12(2)19(11)14-7-6-8-15(9-14)21-5;1-6-2-4-7(8)5-3-6/h6-10H,1-5H3;2-5H,8H2,1H3. The molecular weight excluding hydrogens is 362 g/mol. The van der Waals surface area contributed by atoms with E-state index in [0.717, 1.165) is 39.6 Å². The first-order chi connectivity index (χ1) is 13.8. The lowest BCUT2D eigenvalue weighted by molar-refractivity contribution is 0.101. The number of aryl methyl sites for hydroxylation is 1. The lowest BCUT2D eigenvalue weighted by Gasteiger charge is -2.11. The fourth-order valence-corrected chi connectivity index (χ4v) is 3.29. The van der Waals surface area contributed by atoms with E-state index in [2.05, 4.69) is 9.56 Å². The molecule has 0 saturated carbocycles. The molecule has 0 radical (unpaired) electrons. The van der Waals surface area contributed by atoms with Crippen LogP contribution in [0.1, 0.15) is 39.8 Å². The number of nitrogens with two attached hydrogens (primary N) is 1. The van der Waals surface area contributed by atoms with Crippen LogP contribution in [-0.4, -0.2) is 30.7 Å². The summed E-state index contributed by atoms with van der Waals surface area (Å²) in [5.74, 6) is 0.835. The summed E-state index contributed by atoms with van der Waals surface area (Å²) < 4.78 is 7.35. The minimum Gasteiger partial charge on any atom is -0.497 e. The second-order valence-electron chi connectivity index (χ2n) is 6.85. The molecular formula is C24H29N3O2. The number of methoxy groups -OCH3 is 1. The van der Waals surface area contributed by atoms with E-state index in [4.69, 9.17) is 10.5 Å². The minimum atomic E-state index is 0.0483. The summed E-state index contributed by atoms with van der Waals surface area (Å²) in [4.78, 5) is 16.1. The van der Waals surface area contributed by atoms with Gasteiger partial charge in [0.05, 0.1) is 7.11 Å². The van der Waals surface area contributed by atoms with Crippen LogP contribution in [0.25, 0.3) is 5.69 Å². The minimum absolute atomic E-state index is 0.0483. The van der Waals surface area contributed by atoms with Crippen LogP contribution in [-0.2, 0) is 0 Å². The molecule has 0 amide bonds. The van der Waals surface area contributed by atoms with Gasteiger partial charge in [0.2, 0.25) is 0 Å². The van der Waals surface area contributed by atoms with Crippen molar-refractivity contribution >= 4 is 17.7 Å². The molecule has 0 fully saturated rings. The van der Waals surface area contributed by atoms with E-state index in [1.165, 1.54) is 5.56 Å². The first kappa shape index (κ1) is 22.0. The van der Waals surface area contributed by atoms with Gasteiger partial charge in [-0.2, -0.15) is 0 Å². The first-order valence-electron chi connectivity index (χ1n) is 9.41. The largest absolute Gasteiger partial charge is 0.497 e. The number of hydrogen-bond donors (Lipinski definition) is 1. The van der Waals surface area contributed by atoms with Crippen molar-refractivity contribution in [2.24, 2.45) is 4.99 Å². The number of ether oxygens (including phenoxy) is 1. The number of hydrogen-bond acceptors (Lipinski definition) is 4. The van der Waals surface area contributed by atoms with Gasteiger partial charge < -0.3 is 15.0 Å². The van der Waals surface area contributed by atoms with Crippen molar-refractivity contribution in [3.63, 3.8) is 0 Å². The van der Waals surface area contributed by atoms with Crippen molar-refractivity contribution in [2.75, 3.05) is 19.9 Å². The van der Waals surface area contributed by atoms with Gasteiger partial charge in [0, 0.05) is 53.2 Å². The molecule has 3 rings (SSSR count). The van der Waals surface area contributed by atoms with Gasteiger partial charge in [-0.25, -0.2) is 0 Å². The predicted octanol–water partition coefficient (Wildman–Crippen LogP) is 4.93. The molecule has 0 aliphatic rings. The molecule has 0 atom stereocenters. The van der Waals surface area contributed by atoms with Crippen molar-refractivity contribution in [1.82, 2.24) is 4.57 Å². The predicted molar refractivity (Wildman–Crippen MR) is 121 cm³/mol. The number of nitrogens with zero attached hydrogens (tertiary/aromatic N) is 2. The summed E-state index contributed by atoms with van der Waals surface area (Å²) in [5, 5.41) is 0. The maximum atomic E-state index is 12.0. The summed E-state index contributed by atoms with van der Waals surface area (Å²) in [6.07, 6.45) is 1.75. The summed E-state index contributed by atoms with van der Waals surface area (Å²) in [6, 6.07) is 15.6. The molecule has 0 saturated heterocycles. The van der Waals surface area contributed by atoms with Crippen molar-refractivity contribution in [3.8, 4) is 11.4 Å². The quantitative estimate of drug-likeness (QED) is 0.389. The molecule has 5 heteroatoms. The van der Waals surface area contributed by atoms with Crippen molar-refractivity contribution < 1.29 is 9.53 Å². The Morgan fingerprint density at radius 2 is 1.72 bits per heavy atom. The van der Waals surface area contributed by atoms with E-state index < -0.39 is 0 Å². The SMILES string of the molecule is CN=Cc1c(C(C)=O)c(C)n(-c2cccc(OC)c2)c1C.Cc1ccc(N)cc1. The molecule has 0 unspecified atom stereocenters. The molecule has 5 nitrogen and oxygen atoms in total. The normalized spacial score (nSPS) is 10.6. The highest BCUT2D eigenvalue weighted by atomic mass is 16.5. The fraction of sp³-hybridized carbons (Fsp3) is 0.250. The number of carbonyl (C=O) groups excluding carboxylic acids is 1. The van der Waals surface area contributed by atoms with Crippen LogP contribution >= 0.6 is 0 Å². The Morgan fingerprint density at radius 1 is 1.07 bits per heavy atom. The highest BCUT2D eigenvalue weighted by Gasteiger charge is 2.20. The highest BCUT2D eigenvalue weighted by molar-refractivity contribution is 6.04. The molecule has 2 N–H and O–H groups in total. The zero-order chi connectivity index (χ0) is 21.6.